The summed E-state index contributed by atoms with van der Waals surface area (Å²) in [4.78, 5) is 3.09. The minimum atomic E-state index is -2.95. The normalized spacial score (nSPS) is 19.8. The van der Waals surface area contributed by atoms with Crippen molar-refractivity contribution >= 4 is 21.2 Å². The molecule has 0 radical (unpaired) electrons. The van der Waals surface area contributed by atoms with Gasteiger partial charge in [0, 0.05) is 17.8 Å². The molecule has 0 bridgehead atoms. The average Bonchev–Trinajstić information content (AvgIpc) is 3.44. The number of aryl methyl sites for hydroxylation is 1. The molecule has 10 heteroatoms. The molecule has 0 aliphatic carbocycles. The lowest BCUT2D eigenvalue weighted by Gasteiger charge is -2.22. The lowest BCUT2D eigenvalue weighted by atomic mass is 10.1. The van der Waals surface area contributed by atoms with Gasteiger partial charge in [0.05, 0.1) is 34.2 Å². The summed E-state index contributed by atoms with van der Waals surface area (Å²) in [5.74, 6) is 1.53. The van der Waals surface area contributed by atoms with Crippen LogP contribution < -0.4 is 0 Å². The number of hydrogen-bond donors (Lipinski definition) is 0. The molecule has 0 spiro atoms. The molecule has 1 aliphatic heterocycles. The lowest BCUT2D eigenvalue weighted by molar-refractivity contribution is 0.217. The van der Waals surface area contributed by atoms with Crippen molar-refractivity contribution in [1.82, 2.24) is 24.9 Å². The van der Waals surface area contributed by atoms with Crippen LogP contribution in [0.5, 0.6) is 0 Å². The van der Waals surface area contributed by atoms with E-state index in [1.165, 1.54) is 0 Å². The molecule has 156 valence electrons. The van der Waals surface area contributed by atoms with Gasteiger partial charge in [0.25, 0.3) is 5.89 Å². The van der Waals surface area contributed by atoms with E-state index in [-0.39, 0.29) is 23.6 Å². The largest absolute Gasteiger partial charge is 0.418 e. The van der Waals surface area contributed by atoms with Gasteiger partial charge in [0.1, 0.15) is 0 Å². The van der Waals surface area contributed by atoms with Gasteiger partial charge in [-0.3, -0.25) is 9.58 Å². The molecule has 8 nitrogen and oxygen atoms in total. The van der Waals surface area contributed by atoms with Crippen LogP contribution in [0.4, 0.5) is 0 Å². The molecule has 3 aromatic heterocycles. The van der Waals surface area contributed by atoms with Crippen LogP contribution in [-0.4, -0.2) is 51.8 Å². The number of thiophene rings is 1. The maximum atomic E-state index is 11.9. The molecule has 1 aliphatic rings. The second-order valence-electron chi connectivity index (χ2n) is 7.66. The highest BCUT2D eigenvalue weighted by atomic mass is 32.2. The SMILES string of the molecule is Cc1nn(C2CCS(=O)(=O)C2)c(C)c1CN(C)C(C)c1nnc(-c2cccs2)o1. The summed E-state index contributed by atoms with van der Waals surface area (Å²) in [7, 11) is -0.941. The fourth-order valence-corrected chi connectivity index (χ4v) is 6.06. The molecule has 1 fully saturated rings. The fraction of sp³-hybridized carbons (Fsp3) is 0.526. The molecule has 1 saturated heterocycles. The second-order valence-corrected chi connectivity index (χ2v) is 10.8. The predicted molar refractivity (Wildman–Crippen MR) is 112 cm³/mol. The number of sulfone groups is 1. The third-order valence-electron chi connectivity index (χ3n) is 5.63. The molecule has 3 aromatic rings. The predicted octanol–water partition coefficient (Wildman–Crippen LogP) is 3.16. The summed E-state index contributed by atoms with van der Waals surface area (Å²) in [6.07, 6.45) is 0.628. The quantitative estimate of drug-likeness (QED) is 0.587. The topological polar surface area (TPSA) is 94.1 Å². The number of rotatable bonds is 6. The van der Waals surface area contributed by atoms with E-state index >= 15 is 0 Å². The van der Waals surface area contributed by atoms with E-state index in [9.17, 15) is 8.42 Å². The van der Waals surface area contributed by atoms with Gasteiger partial charge in [0.2, 0.25) is 5.89 Å². The minimum absolute atomic E-state index is 0.0646. The Morgan fingerprint density at radius 2 is 2.17 bits per heavy atom. The number of aromatic nitrogens is 4. The van der Waals surface area contributed by atoms with E-state index in [1.54, 1.807) is 11.3 Å². The molecule has 0 saturated carbocycles. The van der Waals surface area contributed by atoms with Gasteiger partial charge < -0.3 is 4.42 Å². The first-order chi connectivity index (χ1) is 13.7. The van der Waals surface area contributed by atoms with E-state index in [4.69, 9.17) is 4.42 Å². The van der Waals surface area contributed by atoms with Gasteiger partial charge in [-0.1, -0.05) is 6.07 Å². The zero-order valence-electron chi connectivity index (χ0n) is 17.0. The summed E-state index contributed by atoms with van der Waals surface area (Å²) < 4.78 is 31.5. The highest BCUT2D eigenvalue weighted by Gasteiger charge is 2.32. The Bertz CT molecular complexity index is 1100. The number of hydrogen-bond acceptors (Lipinski definition) is 8. The Balaban J connectivity index is 1.50. The molecule has 2 unspecified atom stereocenters. The maximum Gasteiger partial charge on any atom is 0.257 e. The average molecular weight is 436 g/mol. The van der Waals surface area contributed by atoms with E-state index in [0.29, 0.717) is 24.7 Å². The molecule has 4 heterocycles. The van der Waals surface area contributed by atoms with Crippen molar-refractivity contribution in [3.63, 3.8) is 0 Å². The van der Waals surface area contributed by atoms with Crippen molar-refractivity contribution in [2.75, 3.05) is 18.6 Å². The van der Waals surface area contributed by atoms with Crippen LogP contribution in [0.1, 0.15) is 48.3 Å². The molecule has 0 amide bonds. The van der Waals surface area contributed by atoms with Crippen molar-refractivity contribution in [1.29, 1.82) is 0 Å². The molecule has 4 rings (SSSR count). The van der Waals surface area contributed by atoms with E-state index < -0.39 is 9.84 Å². The Kier molecular flexibility index (Phi) is 5.34. The maximum absolute atomic E-state index is 11.9. The second kappa shape index (κ2) is 7.66. The molecule has 0 aromatic carbocycles. The van der Waals surface area contributed by atoms with Gasteiger partial charge in [-0.2, -0.15) is 5.10 Å². The smallest absolute Gasteiger partial charge is 0.257 e. The number of nitrogens with zero attached hydrogens (tertiary/aromatic N) is 5. The third kappa shape index (κ3) is 4.01. The molecule has 29 heavy (non-hydrogen) atoms. The minimum Gasteiger partial charge on any atom is -0.418 e. The Labute approximate surface area is 174 Å². The first-order valence-electron chi connectivity index (χ1n) is 9.57. The standard InChI is InChI=1S/C19H25N5O3S2/c1-12-16(13(2)24(22-12)15-7-9-29(25,26)11-15)10-23(4)14(3)18-20-21-19(27-18)17-6-5-8-28-17/h5-6,8,14-15H,7,9-11H2,1-4H3. The molecule has 0 N–H and O–H groups in total. The summed E-state index contributed by atoms with van der Waals surface area (Å²) in [6.45, 7) is 6.68. The Hall–Kier alpha value is -2.04. The van der Waals surface area contributed by atoms with Crippen molar-refractivity contribution in [3.8, 4) is 10.8 Å². The zero-order chi connectivity index (χ0) is 20.8. The summed E-state index contributed by atoms with van der Waals surface area (Å²) in [6, 6.07) is 3.78. The van der Waals surface area contributed by atoms with Crippen LogP contribution in [0.25, 0.3) is 10.8 Å². The Morgan fingerprint density at radius 3 is 2.83 bits per heavy atom. The van der Waals surface area contributed by atoms with Crippen LogP contribution in [0.15, 0.2) is 21.9 Å². The van der Waals surface area contributed by atoms with Crippen LogP contribution in [0.2, 0.25) is 0 Å². The van der Waals surface area contributed by atoms with Crippen LogP contribution >= 0.6 is 11.3 Å². The third-order valence-corrected chi connectivity index (χ3v) is 8.24. The van der Waals surface area contributed by atoms with Gasteiger partial charge in [-0.25, -0.2) is 8.42 Å². The van der Waals surface area contributed by atoms with Gasteiger partial charge >= 0.3 is 0 Å². The Morgan fingerprint density at radius 1 is 1.38 bits per heavy atom. The van der Waals surface area contributed by atoms with Crippen molar-refractivity contribution in [2.45, 2.75) is 45.8 Å². The monoisotopic (exact) mass is 435 g/mol. The zero-order valence-corrected chi connectivity index (χ0v) is 18.6. The van der Waals surface area contributed by atoms with Crippen molar-refractivity contribution in [2.24, 2.45) is 0 Å². The van der Waals surface area contributed by atoms with Crippen LogP contribution in [0.3, 0.4) is 0 Å². The first kappa shape index (κ1) is 20.2. The van der Waals surface area contributed by atoms with Gasteiger partial charge in [0.15, 0.2) is 9.84 Å². The van der Waals surface area contributed by atoms with Crippen LogP contribution in [-0.2, 0) is 16.4 Å². The highest BCUT2D eigenvalue weighted by Crippen LogP contribution is 2.30. The molecular formula is C19H25N5O3S2. The highest BCUT2D eigenvalue weighted by molar-refractivity contribution is 7.91. The summed E-state index contributed by atoms with van der Waals surface area (Å²) in [5.41, 5.74) is 3.06. The first-order valence-corrected chi connectivity index (χ1v) is 12.3. The van der Waals surface area contributed by atoms with Crippen LogP contribution in [0, 0.1) is 13.8 Å². The lowest BCUT2D eigenvalue weighted by Crippen LogP contribution is -2.23. The summed E-state index contributed by atoms with van der Waals surface area (Å²) in [5, 5.41) is 15.0. The van der Waals surface area contributed by atoms with E-state index in [2.05, 4.69) is 20.2 Å². The van der Waals surface area contributed by atoms with Crippen molar-refractivity contribution < 1.29 is 12.8 Å². The fourth-order valence-electron chi connectivity index (χ4n) is 3.73. The molecular weight excluding hydrogens is 410 g/mol. The van der Waals surface area contributed by atoms with Gasteiger partial charge in [-0.15, -0.1) is 21.5 Å². The van der Waals surface area contributed by atoms with Crippen molar-refractivity contribution in [3.05, 3.63) is 40.4 Å². The summed E-state index contributed by atoms with van der Waals surface area (Å²) >= 11 is 1.57. The van der Waals surface area contributed by atoms with E-state index in [0.717, 1.165) is 21.8 Å². The van der Waals surface area contributed by atoms with Gasteiger partial charge in [-0.05, 0) is 45.7 Å². The van der Waals surface area contributed by atoms with E-state index in [1.807, 2.05) is 50.0 Å². The molecule has 2 atom stereocenters.